The monoisotopic (exact) mass is 181 g/mol. The normalized spacial score (nSPS) is 18.6. The van der Waals surface area contributed by atoms with Gasteiger partial charge in [0.25, 0.3) is 10.0 Å². The third-order valence-electron chi connectivity index (χ3n) is 1.81. The van der Waals surface area contributed by atoms with Gasteiger partial charge in [-0.25, -0.2) is 0 Å². The van der Waals surface area contributed by atoms with Gasteiger partial charge in [0.1, 0.15) is 0 Å². The minimum absolute atomic E-state index is 0.322. The lowest BCUT2D eigenvalue weighted by molar-refractivity contribution is 0.599. The van der Waals surface area contributed by atoms with Gasteiger partial charge in [-0.1, -0.05) is 18.2 Å². The molecule has 0 saturated heterocycles. The first-order chi connectivity index (χ1) is 5.61. The van der Waals surface area contributed by atoms with Crippen molar-refractivity contribution in [2.24, 2.45) is 4.40 Å². The van der Waals surface area contributed by atoms with E-state index in [2.05, 4.69) is 4.40 Å². The van der Waals surface area contributed by atoms with Gasteiger partial charge in [0, 0.05) is 5.56 Å². The zero-order valence-corrected chi connectivity index (χ0v) is 7.30. The number of hydrogen-bond donors (Lipinski definition) is 0. The molecule has 0 bridgehead atoms. The van der Waals surface area contributed by atoms with E-state index >= 15 is 0 Å². The Morgan fingerprint density at radius 2 is 1.92 bits per heavy atom. The number of fused-ring (bicyclic) bond motifs is 1. The molecule has 62 valence electrons. The highest BCUT2D eigenvalue weighted by atomic mass is 32.2. The van der Waals surface area contributed by atoms with Crippen LogP contribution in [0.15, 0.2) is 33.6 Å². The molecule has 0 saturated carbocycles. The third kappa shape index (κ3) is 0.881. The van der Waals surface area contributed by atoms with Gasteiger partial charge in [-0.2, -0.15) is 12.8 Å². The van der Waals surface area contributed by atoms with E-state index in [1.807, 2.05) is 0 Å². The predicted octanol–water partition coefficient (Wildman–Crippen LogP) is 1.20. The summed E-state index contributed by atoms with van der Waals surface area (Å²) in [6.07, 6.45) is 0. The number of hydrogen-bond acceptors (Lipinski definition) is 2. The summed E-state index contributed by atoms with van der Waals surface area (Å²) >= 11 is 0. The van der Waals surface area contributed by atoms with Crippen LogP contribution in [0.3, 0.4) is 0 Å². The molecule has 0 radical (unpaired) electrons. The van der Waals surface area contributed by atoms with Crippen LogP contribution in [0.4, 0.5) is 0 Å². The molecule has 0 aromatic heterocycles. The van der Waals surface area contributed by atoms with E-state index < -0.39 is 10.0 Å². The summed E-state index contributed by atoms with van der Waals surface area (Å²) in [5.41, 5.74) is 1.29. The van der Waals surface area contributed by atoms with Crippen LogP contribution in [0.5, 0.6) is 0 Å². The Labute approximate surface area is 70.8 Å². The van der Waals surface area contributed by atoms with Crippen molar-refractivity contribution in [2.75, 3.05) is 0 Å². The van der Waals surface area contributed by atoms with Crippen LogP contribution < -0.4 is 0 Å². The van der Waals surface area contributed by atoms with Gasteiger partial charge in [-0.15, -0.1) is 0 Å². The lowest BCUT2D eigenvalue weighted by Gasteiger charge is -1.94. The molecule has 1 aliphatic heterocycles. The van der Waals surface area contributed by atoms with Crippen LogP contribution in [-0.2, 0) is 10.0 Å². The smallest absolute Gasteiger partial charge is 0.199 e. The maximum Gasteiger partial charge on any atom is 0.283 e. The third-order valence-corrected chi connectivity index (χ3v) is 3.24. The fraction of sp³-hybridized carbons (Fsp3) is 0.125. The number of rotatable bonds is 0. The molecule has 0 unspecified atom stereocenters. The van der Waals surface area contributed by atoms with E-state index in [4.69, 9.17) is 0 Å². The number of sulfonamides is 1. The van der Waals surface area contributed by atoms with Crippen molar-refractivity contribution in [2.45, 2.75) is 11.8 Å². The summed E-state index contributed by atoms with van der Waals surface area (Å²) in [6, 6.07) is 6.84. The molecule has 0 spiro atoms. The van der Waals surface area contributed by atoms with E-state index in [9.17, 15) is 8.42 Å². The summed E-state index contributed by atoms with van der Waals surface area (Å²) in [7, 11) is -3.37. The van der Waals surface area contributed by atoms with Gasteiger partial charge in [-0.3, -0.25) is 0 Å². The Bertz CT molecular complexity index is 460. The molecule has 0 N–H and O–H groups in total. The van der Waals surface area contributed by atoms with Gasteiger partial charge >= 0.3 is 0 Å². The summed E-state index contributed by atoms with van der Waals surface area (Å²) in [4.78, 5) is 0.322. The SMILES string of the molecule is CC1=NS(=O)(=O)c2ccccc21. The predicted molar refractivity (Wildman–Crippen MR) is 45.8 cm³/mol. The highest BCUT2D eigenvalue weighted by Crippen LogP contribution is 2.25. The minimum atomic E-state index is -3.37. The quantitative estimate of drug-likeness (QED) is 0.603. The van der Waals surface area contributed by atoms with E-state index in [0.717, 1.165) is 5.56 Å². The zero-order valence-electron chi connectivity index (χ0n) is 6.48. The Morgan fingerprint density at radius 3 is 2.58 bits per heavy atom. The zero-order chi connectivity index (χ0) is 8.77. The first-order valence-electron chi connectivity index (χ1n) is 3.52. The Kier molecular flexibility index (Phi) is 1.35. The van der Waals surface area contributed by atoms with Gasteiger partial charge in [0.05, 0.1) is 10.6 Å². The molecule has 3 nitrogen and oxygen atoms in total. The number of benzene rings is 1. The Balaban J connectivity index is 2.86. The van der Waals surface area contributed by atoms with Crippen molar-refractivity contribution in [3.05, 3.63) is 29.8 Å². The molecular weight excluding hydrogens is 174 g/mol. The summed E-state index contributed by atoms with van der Waals surface area (Å²) < 4.78 is 26.1. The first kappa shape index (κ1) is 7.49. The second kappa shape index (κ2) is 2.17. The van der Waals surface area contributed by atoms with Gasteiger partial charge in [0.15, 0.2) is 0 Å². The lowest BCUT2D eigenvalue weighted by atomic mass is 10.1. The van der Waals surface area contributed by atoms with Crippen molar-refractivity contribution < 1.29 is 8.42 Å². The van der Waals surface area contributed by atoms with E-state index in [1.165, 1.54) is 0 Å². The molecule has 2 rings (SSSR count). The van der Waals surface area contributed by atoms with Crippen molar-refractivity contribution in [3.8, 4) is 0 Å². The molecule has 1 heterocycles. The summed E-state index contributed by atoms with van der Waals surface area (Å²) in [5, 5.41) is 0. The van der Waals surface area contributed by atoms with Crippen molar-refractivity contribution >= 4 is 15.7 Å². The maximum atomic E-state index is 11.3. The average Bonchev–Trinajstić information content (AvgIpc) is 2.25. The molecule has 1 aromatic rings. The molecule has 12 heavy (non-hydrogen) atoms. The van der Waals surface area contributed by atoms with Crippen LogP contribution in [0.1, 0.15) is 12.5 Å². The van der Waals surface area contributed by atoms with E-state index in [0.29, 0.717) is 10.6 Å². The van der Waals surface area contributed by atoms with E-state index in [1.54, 1.807) is 31.2 Å². The molecule has 0 amide bonds. The number of nitrogens with zero attached hydrogens (tertiary/aromatic N) is 1. The van der Waals surface area contributed by atoms with Gasteiger partial charge < -0.3 is 0 Å². The van der Waals surface area contributed by atoms with E-state index in [-0.39, 0.29) is 0 Å². The highest BCUT2D eigenvalue weighted by molar-refractivity contribution is 7.90. The molecule has 1 aliphatic rings. The minimum Gasteiger partial charge on any atom is -0.199 e. The largest absolute Gasteiger partial charge is 0.283 e. The molecule has 0 fully saturated rings. The molecular formula is C8H7NO2S. The van der Waals surface area contributed by atoms with Gasteiger partial charge in [-0.05, 0) is 13.0 Å². The molecule has 4 heteroatoms. The van der Waals surface area contributed by atoms with Crippen molar-refractivity contribution in [1.82, 2.24) is 0 Å². The molecule has 0 aliphatic carbocycles. The van der Waals surface area contributed by atoms with Crippen molar-refractivity contribution in [1.29, 1.82) is 0 Å². The fourth-order valence-electron chi connectivity index (χ4n) is 1.27. The second-order valence-electron chi connectivity index (χ2n) is 2.65. The highest BCUT2D eigenvalue weighted by Gasteiger charge is 2.25. The van der Waals surface area contributed by atoms with Gasteiger partial charge in [0.2, 0.25) is 0 Å². The second-order valence-corrected chi connectivity index (χ2v) is 4.22. The maximum absolute atomic E-state index is 11.3. The lowest BCUT2D eigenvalue weighted by Crippen LogP contribution is -1.92. The summed E-state index contributed by atoms with van der Waals surface area (Å²) in [6.45, 7) is 1.70. The fourth-order valence-corrected chi connectivity index (χ4v) is 2.57. The topological polar surface area (TPSA) is 46.5 Å². The van der Waals surface area contributed by atoms with Crippen LogP contribution >= 0.6 is 0 Å². The molecule has 1 aromatic carbocycles. The Morgan fingerprint density at radius 1 is 1.25 bits per heavy atom. The Hall–Kier alpha value is -1.16. The van der Waals surface area contributed by atoms with Crippen LogP contribution in [-0.4, -0.2) is 14.1 Å². The first-order valence-corrected chi connectivity index (χ1v) is 4.96. The molecule has 0 atom stereocenters. The van der Waals surface area contributed by atoms with Crippen molar-refractivity contribution in [3.63, 3.8) is 0 Å². The van der Waals surface area contributed by atoms with Crippen LogP contribution in [0, 0.1) is 0 Å². The summed E-state index contributed by atoms with van der Waals surface area (Å²) in [5.74, 6) is 0. The average molecular weight is 181 g/mol. The standard InChI is InChI=1S/C8H7NO2S/c1-6-7-4-2-3-5-8(7)12(10,11)9-6/h2-5H,1H3. The van der Waals surface area contributed by atoms with Crippen LogP contribution in [0.2, 0.25) is 0 Å². The van der Waals surface area contributed by atoms with Crippen LogP contribution in [0.25, 0.3) is 0 Å².